The number of hydrogen-bond donors (Lipinski definition) is 2. The maximum atomic E-state index is 13.7. The molecular weight excluding hydrogens is 454 g/mol. The molecule has 10 nitrogen and oxygen atoms in total. The van der Waals surface area contributed by atoms with E-state index in [0.717, 1.165) is 22.7 Å². The molecule has 3 N–H and O–H groups in total. The van der Waals surface area contributed by atoms with Crippen LogP contribution in [0, 0.1) is 18.6 Å². The van der Waals surface area contributed by atoms with E-state index in [1.54, 1.807) is 0 Å². The van der Waals surface area contributed by atoms with Gasteiger partial charge in [-0.15, -0.1) is 16.9 Å². The zero-order valence-corrected chi connectivity index (χ0v) is 17.9. The van der Waals surface area contributed by atoms with Crippen molar-refractivity contribution in [3.05, 3.63) is 76.6 Å². The summed E-state index contributed by atoms with van der Waals surface area (Å²) < 4.78 is 32.7. The maximum Gasteiger partial charge on any atom is 0.293 e. The molecule has 168 valence electrons. The van der Waals surface area contributed by atoms with Crippen molar-refractivity contribution in [2.24, 2.45) is 5.10 Å². The van der Waals surface area contributed by atoms with Gasteiger partial charge < -0.3 is 5.73 Å². The van der Waals surface area contributed by atoms with Gasteiger partial charge in [0, 0.05) is 22.3 Å². The number of nitrogens with two attached hydrogens (primary N) is 1. The molecule has 0 aliphatic heterocycles. The topological polar surface area (TPSA) is 137 Å². The number of amides is 1. The number of aryl methyl sites for hydroxylation is 1. The predicted molar refractivity (Wildman–Crippen MR) is 116 cm³/mol. The van der Waals surface area contributed by atoms with Crippen LogP contribution in [0.15, 0.2) is 57.1 Å². The van der Waals surface area contributed by atoms with Gasteiger partial charge in [-0.3, -0.25) is 4.79 Å². The first-order valence-corrected chi connectivity index (χ1v) is 10.4. The summed E-state index contributed by atoms with van der Waals surface area (Å²) >= 11 is 1.44. The Kier molecular flexibility index (Phi) is 6.40. The molecule has 4 rings (SSSR count). The van der Waals surface area contributed by atoms with Crippen molar-refractivity contribution in [1.29, 1.82) is 0 Å². The molecule has 0 fully saturated rings. The number of nitrogens with zero attached hydrogens (tertiary/aromatic N) is 6. The van der Waals surface area contributed by atoms with Gasteiger partial charge in [0.1, 0.15) is 11.6 Å². The van der Waals surface area contributed by atoms with Crippen molar-refractivity contribution in [1.82, 2.24) is 30.7 Å². The molecule has 2 aromatic heterocycles. The van der Waals surface area contributed by atoms with Gasteiger partial charge in [0.2, 0.25) is 11.6 Å². The first kappa shape index (κ1) is 22.1. The van der Waals surface area contributed by atoms with Crippen LogP contribution < -0.4 is 11.2 Å². The molecule has 13 heteroatoms. The summed E-state index contributed by atoms with van der Waals surface area (Å²) in [5, 5.41) is 18.8. The van der Waals surface area contributed by atoms with Gasteiger partial charge in [0.25, 0.3) is 5.91 Å². The lowest BCUT2D eigenvalue weighted by Gasteiger charge is -2.06. The van der Waals surface area contributed by atoms with Gasteiger partial charge >= 0.3 is 0 Å². The Hall–Kier alpha value is -4.13. The average Bonchev–Trinajstić information content (AvgIpc) is 3.40. The van der Waals surface area contributed by atoms with E-state index in [0.29, 0.717) is 11.8 Å². The normalized spacial score (nSPS) is 11.2. The van der Waals surface area contributed by atoms with Crippen LogP contribution in [0.4, 0.5) is 14.6 Å². The van der Waals surface area contributed by atoms with E-state index in [-0.39, 0.29) is 28.6 Å². The van der Waals surface area contributed by atoms with Crippen molar-refractivity contribution in [2.45, 2.75) is 17.6 Å². The minimum absolute atomic E-state index is 0.00282. The standard InChI is InChI=1S/C20H16F2N8O2S/c1-11-2-6-14(7-3-11)33-10-16-17(25-29-30(16)19-18(23)27-32-28-19)20(31)26-24-9-12-4-5-13(21)8-15(12)22/h2-9H,10H2,1H3,(H2,23,27)(H,26,31). The number of rotatable bonds is 7. The van der Waals surface area contributed by atoms with Crippen LogP contribution in [0.1, 0.15) is 27.3 Å². The van der Waals surface area contributed by atoms with Crippen LogP contribution in [0.5, 0.6) is 0 Å². The van der Waals surface area contributed by atoms with Crippen LogP contribution in [0.25, 0.3) is 5.82 Å². The second kappa shape index (κ2) is 9.56. The Morgan fingerprint density at radius 3 is 2.73 bits per heavy atom. The molecule has 0 atom stereocenters. The van der Waals surface area contributed by atoms with E-state index in [9.17, 15) is 13.6 Å². The van der Waals surface area contributed by atoms with Crippen LogP contribution in [0.2, 0.25) is 0 Å². The van der Waals surface area contributed by atoms with E-state index >= 15 is 0 Å². The van der Waals surface area contributed by atoms with E-state index in [1.165, 1.54) is 22.5 Å². The lowest BCUT2D eigenvalue weighted by Crippen LogP contribution is -2.20. The van der Waals surface area contributed by atoms with Gasteiger partial charge in [-0.05, 0) is 41.5 Å². The van der Waals surface area contributed by atoms with Crippen molar-refractivity contribution in [3.8, 4) is 5.82 Å². The molecule has 0 aliphatic rings. The highest BCUT2D eigenvalue weighted by atomic mass is 32.2. The maximum absolute atomic E-state index is 13.7. The molecule has 0 saturated heterocycles. The molecule has 2 aromatic carbocycles. The summed E-state index contributed by atoms with van der Waals surface area (Å²) in [7, 11) is 0. The van der Waals surface area contributed by atoms with E-state index in [1.807, 2.05) is 31.2 Å². The number of thioether (sulfide) groups is 1. The molecule has 0 saturated carbocycles. The number of aromatic nitrogens is 5. The Morgan fingerprint density at radius 2 is 2.03 bits per heavy atom. The van der Waals surface area contributed by atoms with E-state index < -0.39 is 17.5 Å². The summed E-state index contributed by atoms with van der Waals surface area (Å²) in [5.41, 5.74) is 9.46. The largest absolute Gasteiger partial charge is 0.378 e. The van der Waals surface area contributed by atoms with Gasteiger partial charge in [-0.25, -0.2) is 18.8 Å². The first-order chi connectivity index (χ1) is 15.9. The molecule has 0 radical (unpaired) electrons. The zero-order chi connectivity index (χ0) is 23.4. The van der Waals surface area contributed by atoms with Gasteiger partial charge in [0.15, 0.2) is 5.69 Å². The molecule has 0 aliphatic carbocycles. The van der Waals surface area contributed by atoms with Gasteiger partial charge in [-0.2, -0.15) is 9.78 Å². The Labute approximate surface area is 189 Å². The third kappa shape index (κ3) is 5.03. The van der Waals surface area contributed by atoms with Crippen LogP contribution >= 0.6 is 11.8 Å². The van der Waals surface area contributed by atoms with E-state index in [4.69, 9.17) is 5.73 Å². The van der Waals surface area contributed by atoms with Crippen molar-refractivity contribution in [2.75, 3.05) is 5.73 Å². The van der Waals surface area contributed by atoms with E-state index in [2.05, 4.69) is 35.8 Å². The Bertz CT molecular complexity index is 1320. The Balaban J connectivity index is 1.57. The summed E-state index contributed by atoms with van der Waals surface area (Å²) in [6, 6.07) is 10.8. The van der Waals surface area contributed by atoms with Crippen LogP contribution in [0.3, 0.4) is 0 Å². The van der Waals surface area contributed by atoms with Crippen molar-refractivity contribution >= 4 is 29.7 Å². The number of nitrogens with one attached hydrogen (secondary N) is 1. The number of anilines is 1. The lowest BCUT2D eigenvalue weighted by atomic mass is 10.2. The molecule has 2 heterocycles. The lowest BCUT2D eigenvalue weighted by molar-refractivity contribution is 0.0949. The molecule has 33 heavy (non-hydrogen) atoms. The monoisotopic (exact) mass is 470 g/mol. The number of nitrogen functional groups attached to an aromatic ring is 1. The smallest absolute Gasteiger partial charge is 0.293 e. The predicted octanol–water partition coefficient (Wildman–Crippen LogP) is 2.88. The van der Waals surface area contributed by atoms with Crippen molar-refractivity contribution in [3.63, 3.8) is 0 Å². The average molecular weight is 470 g/mol. The molecule has 0 unspecified atom stereocenters. The zero-order valence-electron chi connectivity index (χ0n) is 17.1. The number of hydrogen-bond acceptors (Lipinski definition) is 9. The minimum atomic E-state index is -0.817. The van der Waals surface area contributed by atoms with Crippen LogP contribution in [-0.2, 0) is 5.75 Å². The quantitative estimate of drug-likeness (QED) is 0.239. The fourth-order valence-corrected chi connectivity index (χ4v) is 3.61. The summed E-state index contributed by atoms with van der Waals surface area (Å²) in [6.07, 6.45) is 1.05. The number of benzene rings is 2. The summed E-state index contributed by atoms with van der Waals surface area (Å²) in [5.74, 6) is -1.90. The number of hydrazone groups is 1. The summed E-state index contributed by atoms with van der Waals surface area (Å²) in [6.45, 7) is 1.98. The van der Waals surface area contributed by atoms with Gasteiger partial charge in [0.05, 0.1) is 11.9 Å². The fraction of sp³-hybridized carbons (Fsp3) is 0.100. The second-order valence-corrected chi connectivity index (χ2v) is 7.79. The molecule has 1 amide bonds. The third-order valence-corrected chi connectivity index (χ3v) is 5.43. The molecule has 4 aromatic rings. The highest BCUT2D eigenvalue weighted by Crippen LogP contribution is 2.26. The van der Waals surface area contributed by atoms with Crippen LogP contribution in [-0.4, -0.2) is 37.4 Å². The number of carbonyl (C=O) groups is 1. The SMILES string of the molecule is Cc1ccc(SCc2c(C(=O)NN=Cc3ccc(F)cc3F)nnn2-c2nonc2N)cc1. The molecule has 0 bridgehead atoms. The molecule has 0 spiro atoms. The highest BCUT2D eigenvalue weighted by molar-refractivity contribution is 7.98. The summed E-state index contributed by atoms with van der Waals surface area (Å²) in [4.78, 5) is 13.7. The fourth-order valence-electron chi connectivity index (χ4n) is 2.72. The first-order valence-electron chi connectivity index (χ1n) is 9.43. The Morgan fingerprint density at radius 1 is 1.24 bits per heavy atom. The van der Waals surface area contributed by atoms with Gasteiger partial charge in [-0.1, -0.05) is 22.9 Å². The second-order valence-electron chi connectivity index (χ2n) is 6.74. The third-order valence-electron chi connectivity index (χ3n) is 4.40. The highest BCUT2D eigenvalue weighted by Gasteiger charge is 2.24. The van der Waals surface area contributed by atoms with Crippen molar-refractivity contribution < 1.29 is 18.2 Å². The minimum Gasteiger partial charge on any atom is -0.378 e. The number of carbonyl (C=O) groups excluding carboxylic acids is 1. The number of halogens is 2. The molecular formula is C20H16F2N8O2S.